The fourth-order valence-electron chi connectivity index (χ4n) is 1.85. The van der Waals surface area contributed by atoms with Crippen molar-refractivity contribution in [1.82, 2.24) is 19.7 Å². The monoisotopic (exact) mass is 274 g/mol. The first-order chi connectivity index (χ1) is 9.38. The molecule has 3 rings (SSSR count). The van der Waals surface area contributed by atoms with Crippen molar-refractivity contribution in [1.29, 1.82) is 0 Å². The van der Waals surface area contributed by atoms with Crippen LogP contribution in [-0.4, -0.2) is 20.9 Å². The molecule has 19 heavy (non-hydrogen) atoms. The topological polar surface area (TPSA) is 55.4 Å². The summed E-state index contributed by atoms with van der Waals surface area (Å²) in [6.07, 6.45) is 5.23. The number of hydrogen-bond acceptors (Lipinski definition) is 5. The van der Waals surface area contributed by atoms with Crippen LogP contribution in [-0.2, 0) is 6.54 Å². The van der Waals surface area contributed by atoms with Crippen LogP contribution >= 0.6 is 11.8 Å². The Morgan fingerprint density at radius 1 is 1.42 bits per heavy atom. The normalized spacial score (nSPS) is 11.2. The van der Waals surface area contributed by atoms with E-state index in [2.05, 4.69) is 26.6 Å². The summed E-state index contributed by atoms with van der Waals surface area (Å²) >= 11 is 1.45. The van der Waals surface area contributed by atoms with Crippen molar-refractivity contribution in [3.8, 4) is 0 Å². The molecule has 0 radical (unpaired) electrons. The molecule has 0 atom stereocenters. The summed E-state index contributed by atoms with van der Waals surface area (Å²) in [5, 5.41) is 4.88. The average Bonchev–Trinajstić information content (AvgIpc) is 3.04. The van der Waals surface area contributed by atoms with E-state index >= 15 is 0 Å². The van der Waals surface area contributed by atoms with Gasteiger partial charge in [-0.25, -0.2) is 9.97 Å². The van der Waals surface area contributed by atoms with Gasteiger partial charge in [0, 0.05) is 12.7 Å². The van der Waals surface area contributed by atoms with Gasteiger partial charge in [0.25, 0.3) is 5.22 Å². The van der Waals surface area contributed by atoms with Crippen LogP contribution in [0, 0.1) is 0 Å². The molecular formula is C13H14N4OS. The summed E-state index contributed by atoms with van der Waals surface area (Å²) in [6.45, 7) is 3.78. The van der Waals surface area contributed by atoms with E-state index in [1.165, 1.54) is 11.8 Å². The molecule has 3 aromatic heterocycles. The SMILES string of the molecule is CCNCc1c(Sc2ncco2)nc2ccccn12. The summed E-state index contributed by atoms with van der Waals surface area (Å²) in [5.74, 6) is 0. The zero-order valence-corrected chi connectivity index (χ0v) is 11.4. The largest absolute Gasteiger partial charge is 0.440 e. The highest BCUT2D eigenvalue weighted by molar-refractivity contribution is 7.99. The van der Waals surface area contributed by atoms with E-state index in [4.69, 9.17) is 4.42 Å². The van der Waals surface area contributed by atoms with Crippen LogP contribution in [0.2, 0.25) is 0 Å². The zero-order chi connectivity index (χ0) is 13.1. The molecule has 0 aliphatic carbocycles. The number of pyridine rings is 1. The van der Waals surface area contributed by atoms with Crippen LogP contribution in [0.15, 0.2) is 51.5 Å². The number of nitrogens with zero attached hydrogens (tertiary/aromatic N) is 3. The maximum Gasteiger partial charge on any atom is 0.262 e. The van der Waals surface area contributed by atoms with Crippen LogP contribution in [0.4, 0.5) is 0 Å². The molecule has 98 valence electrons. The molecule has 0 fully saturated rings. The fraction of sp³-hybridized carbons (Fsp3) is 0.231. The number of imidazole rings is 1. The van der Waals surface area contributed by atoms with Crippen molar-refractivity contribution in [2.45, 2.75) is 23.7 Å². The van der Waals surface area contributed by atoms with Gasteiger partial charge in [0.15, 0.2) is 0 Å². The maximum atomic E-state index is 5.28. The standard InChI is InChI=1S/C13H14N4OS/c1-2-14-9-10-12(19-13-15-6-8-18-13)16-11-5-3-4-7-17(10)11/h3-8,14H,2,9H2,1H3. The number of rotatable bonds is 5. The highest BCUT2D eigenvalue weighted by atomic mass is 32.2. The Morgan fingerprint density at radius 3 is 3.16 bits per heavy atom. The van der Waals surface area contributed by atoms with Crippen molar-refractivity contribution in [2.24, 2.45) is 0 Å². The lowest BCUT2D eigenvalue weighted by Crippen LogP contribution is -2.13. The van der Waals surface area contributed by atoms with Gasteiger partial charge in [0.05, 0.1) is 11.9 Å². The third-order valence-electron chi connectivity index (χ3n) is 2.73. The van der Waals surface area contributed by atoms with Gasteiger partial charge in [-0.3, -0.25) is 0 Å². The first kappa shape index (κ1) is 12.3. The van der Waals surface area contributed by atoms with Crippen molar-refractivity contribution in [2.75, 3.05) is 6.54 Å². The lowest BCUT2D eigenvalue weighted by Gasteiger charge is -2.03. The molecule has 3 aromatic rings. The second kappa shape index (κ2) is 5.46. The summed E-state index contributed by atoms with van der Waals surface area (Å²) in [7, 11) is 0. The molecule has 0 aliphatic heterocycles. The van der Waals surface area contributed by atoms with Crippen LogP contribution in [0.1, 0.15) is 12.6 Å². The average molecular weight is 274 g/mol. The molecule has 0 aliphatic rings. The van der Waals surface area contributed by atoms with E-state index in [1.54, 1.807) is 12.5 Å². The number of nitrogens with one attached hydrogen (secondary N) is 1. The van der Waals surface area contributed by atoms with Crippen molar-refractivity contribution >= 4 is 17.4 Å². The molecule has 0 spiro atoms. The van der Waals surface area contributed by atoms with E-state index < -0.39 is 0 Å². The van der Waals surface area contributed by atoms with Gasteiger partial charge in [-0.15, -0.1) is 0 Å². The molecule has 3 heterocycles. The summed E-state index contributed by atoms with van der Waals surface area (Å²) < 4.78 is 7.37. The Balaban J connectivity index is 2.01. The molecule has 0 aromatic carbocycles. The second-order valence-electron chi connectivity index (χ2n) is 3.97. The molecule has 6 heteroatoms. The summed E-state index contributed by atoms with van der Waals surface area (Å²) in [5.41, 5.74) is 2.06. The molecule has 1 N–H and O–H groups in total. The van der Waals surface area contributed by atoms with E-state index in [1.807, 2.05) is 24.4 Å². The predicted octanol–water partition coefficient (Wildman–Crippen LogP) is 2.58. The lowest BCUT2D eigenvalue weighted by molar-refractivity contribution is 0.454. The Kier molecular flexibility index (Phi) is 3.52. The van der Waals surface area contributed by atoms with E-state index in [0.717, 1.165) is 29.5 Å². The van der Waals surface area contributed by atoms with Gasteiger partial charge in [-0.05, 0) is 30.4 Å². The first-order valence-electron chi connectivity index (χ1n) is 6.12. The van der Waals surface area contributed by atoms with E-state index in [0.29, 0.717) is 5.22 Å². The quantitative estimate of drug-likeness (QED) is 0.775. The lowest BCUT2D eigenvalue weighted by atomic mass is 10.4. The summed E-state index contributed by atoms with van der Waals surface area (Å²) in [6, 6.07) is 5.98. The predicted molar refractivity (Wildman–Crippen MR) is 73.2 cm³/mol. The molecule has 5 nitrogen and oxygen atoms in total. The van der Waals surface area contributed by atoms with Crippen molar-refractivity contribution in [3.05, 3.63) is 42.5 Å². The third-order valence-corrected chi connectivity index (χ3v) is 3.62. The number of hydrogen-bond donors (Lipinski definition) is 1. The Morgan fingerprint density at radius 2 is 2.37 bits per heavy atom. The van der Waals surface area contributed by atoms with E-state index in [9.17, 15) is 0 Å². The minimum atomic E-state index is 0.612. The molecule has 0 saturated heterocycles. The van der Waals surface area contributed by atoms with Crippen molar-refractivity contribution in [3.63, 3.8) is 0 Å². The number of oxazole rings is 1. The maximum absolute atomic E-state index is 5.28. The van der Waals surface area contributed by atoms with Gasteiger partial charge < -0.3 is 14.1 Å². The Hall–Kier alpha value is -1.79. The van der Waals surface area contributed by atoms with Crippen LogP contribution < -0.4 is 5.32 Å². The van der Waals surface area contributed by atoms with Gasteiger partial charge >= 0.3 is 0 Å². The fourth-order valence-corrected chi connectivity index (χ4v) is 2.66. The van der Waals surface area contributed by atoms with Crippen LogP contribution in [0.3, 0.4) is 0 Å². The van der Waals surface area contributed by atoms with E-state index in [-0.39, 0.29) is 0 Å². The zero-order valence-electron chi connectivity index (χ0n) is 10.5. The molecule has 0 amide bonds. The molecule has 0 saturated carbocycles. The Bertz CT molecular complexity index is 662. The smallest absolute Gasteiger partial charge is 0.262 e. The highest BCUT2D eigenvalue weighted by Crippen LogP contribution is 2.29. The molecule has 0 unspecified atom stereocenters. The number of fused-ring (bicyclic) bond motifs is 1. The van der Waals surface area contributed by atoms with Crippen LogP contribution in [0.25, 0.3) is 5.65 Å². The van der Waals surface area contributed by atoms with Gasteiger partial charge in [0.2, 0.25) is 0 Å². The van der Waals surface area contributed by atoms with Gasteiger partial charge in [-0.1, -0.05) is 13.0 Å². The highest BCUT2D eigenvalue weighted by Gasteiger charge is 2.14. The third kappa shape index (κ3) is 2.50. The number of aromatic nitrogens is 3. The van der Waals surface area contributed by atoms with Gasteiger partial charge in [0.1, 0.15) is 16.9 Å². The van der Waals surface area contributed by atoms with Crippen LogP contribution in [0.5, 0.6) is 0 Å². The van der Waals surface area contributed by atoms with Gasteiger partial charge in [-0.2, -0.15) is 0 Å². The molecule has 0 bridgehead atoms. The van der Waals surface area contributed by atoms with Crippen molar-refractivity contribution < 1.29 is 4.42 Å². The molecular weight excluding hydrogens is 260 g/mol. The second-order valence-corrected chi connectivity index (χ2v) is 4.91. The summed E-state index contributed by atoms with van der Waals surface area (Å²) in [4.78, 5) is 8.76. The minimum Gasteiger partial charge on any atom is -0.440 e. The minimum absolute atomic E-state index is 0.612. The first-order valence-corrected chi connectivity index (χ1v) is 6.94. The Labute approximate surface area is 115 Å².